The third kappa shape index (κ3) is 1.04. The van der Waals surface area contributed by atoms with Gasteiger partial charge in [-0.3, -0.25) is 0 Å². The Kier molecular flexibility index (Phi) is 1.58. The molecule has 0 radical (unpaired) electrons. The summed E-state index contributed by atoms with van der Waals surface area (Å²) in [7, 11) is 0. The van der Waals surface area contributed by atoms with E-state index >= 15 is 0 Å². The highest BCUT2D eigenvalue weighted by atomic mass is 32.1. The molecule has 0 fully saturated rings. The second-order valence-electron chi connectivity index (χ2n) is 1.52. The topological polar surface area (TPSA) is 12.9 Å². The highest BCUT2D eigenvalue weighted by molar-refractivity contribution is 7.09. The molecule has 0 saturated carbocycles. The van der Waals surface area contributed by atoms with Gasteiger partial charge in [-0.2, -0.15) is 0 Å². The average Bonchev–Trinajstić information content (AvgIpc) is 2.14. The summed E-state index contributed by atoms with van der Waals surface area (Å²) in [5.74, 6) is 0. The first kappa shape index (κ1) is 5.69. The minimum Gasteiger partial charge on any atom is -0.244 e. The van der Waals surface area contributed by atoms with E-state index in [1.807, 2.05) is 12.3 Å². The molecule has 0 N–H and O–H groups in total. The molecule has 0 saturated heterocycles. The molecule has 0 amide bonds. The second-order valence-corrected chi connectivity index (χ2v) is 2.46. The standard InChI is InChI=1S/C5H6FNS/c1-4-3-8-5(2-6)7-4/h3H,2H2,1H3. The number of halogens is 1. The van der Waals surface area contributed by atoms with E-state index < -0.39 is 6.67 Å². The van der Waals surface area contributed by atoms with Gasteiger partial charge in [0.1, 0.15) is 11.7 Å². The van der Waals surface area contributed by atoms with Gasteiger partial charge in [0.05, 0.1) is 0 Å². The summed E-state index contributed by atoms with van der Waals surface area (Å²) in [6, 6.07) is 0. The molecule has 0 aliphatic heterocycles. The number of thiazole rings is 1. The lowest BCUT2D eigenvalue weighted by Gasteiger charge is -1.76. The first-order valence-corrected chi connectivity index (χ1v) is 3.18. The minimum absolute atomic E-state index is 0.432. The van der Waals surface area contributed by atoms with Gasteiger partial charge >= 0.3 is 0 Å². The van der Waals surface area contributed by atoms with Crippen molar-refractivity contribution in [3.8, 4) is 0 Å². The SMILES string of the molecule is Cc1csc(CF)n1. The van der Waals surface area contributed by atoms with Crippen molar-refractivity contribution in [2.75, 3.05) is 0 Å². The van der Waals surface area contributed by atoms with E-state index in [1.165, 1.54) is 11.3 Å². The van der Waals surface area contributed by atoms with Gasteiger partial charge in [0, 0.05) is 11.1 Å². The van der Waals surface area contributed by atoms with Crippen molar-refractivity contribution < 1.29 is 4.39 Å². The van der Waals surface area contributed by atoms with Crippen LogP contribution in [-0.2, 0) is 6.67 Å². The summed E-state index contributed by atoms with van der Waals surface area (Å²) in [4.78, 5) is 3.87. The molecule has 0 spiro atoms. The van der Waals surface area contributed by atoms with E-state index in [2.05, 4.69) is 4.98 Å². The van der Waals surface area contributed by atoms with Gasteiger partial charge in [-0.25, -0.2) is 9.37 Å². The average molecular weight is 131 g/mol. The van der Waals surface area contributed by atoms with Crippen LogP contribution in [0.2, 0.25) is 0 Å². The summed E-state index contributed by atoms with van der Waals surface area (Å²) >= 11 is 1.36. The Morgan fingerprint density at radius 3 is 2.88 bits per heavy atom. The molecule has 1 heterocycles. The Morgan fingerprint density at radius 2 is 2.62 bits per heavy atom. The number of nitrogens with zero attached hydrogens (tertiary/aromatic N) is 1. The summed E-state index contributed by atoms with van der Waals surface area (Å²) in [6.07, 6.45) is 0. The van der Waals surface area contributed by atoms with Gasteiger partial charge in [-0.1, -0.05) is 0 Å². The number of alkyl halides is 1. The van der Waals surface area contributed by atoms with Crippen LogP contribution in [-0.4, -0.2) is 4.98 Å². The molecule has 0 bridgehead atoms. The van der Waals surface area contributed by atoms with E-state index in [0.717, 1.165) is 5.69 Å². The number of rotatable bonds is 1. The van der Waals surface area contributed by atoms with Crippen molar-refractivity contribution in [3.05, 3.63) is 16.1 Å². The van der Waals surface area contributed by atoms with Crippen LogP contribution in [0.1, 0.15) is 10.7 Å². The van der Waals surface area contributed by atoms with Gasteiger partial charge in [0.15, 0.2) is 0 Å². The fourth-order valence-corrected chi connectivity index (χ4v) is 1.08. The zero-order valence-electron chi connectivity index (χ0n) is 4.52. The van der Waals surface area contributed by atoms with Crippen molar-refractivity contribution in [1.82, 2.24) is 4.98 Å². The van der Waals surface area contributed by atoms with Crippen LogP contribution in [0.5, 0.6) is 0 Å². The highest BCUT2D eigenvalue weighted by Crippen LogP contribution is 2.08. The van der Waals surface area contributed by atoms with Gasteiger partial charge in [0.2, 0.25) is 0 Å². The third-order valence-corrected chi connectivity index (χ3v) is 1.71. The molecular formula is C5H6FNS. The number of hydrogen-bond acceptors (Lipinski definition) is 2. The maximum Gasteiger partial charge on any atom is 0.141 e. The Bertz CT molecular complexity index is 173. The van der Waals surface area contributed by atoms with Gasteiger partial charge in [0.25, 0.3) is 0 Å². The summed E-state index contributed by atoms with van der Waals surface area (Å²) in [5, 5.41) is 2.41. The van der Waals surface area contributed by atoms with E-state index in [0.29, 0.717) is 5.01 Å². The Labute approximate surface area is 51.2 Å². The quantitative estimate of drug-likeness (QED) is 0.567. The molecule has 1 aromatic rings. The Morgan fingerprint density at radius 1 is 1.88 bits per heavy atom. The van der Waals surface area contributed by atoms with Crippen molar-refractivity contribution in [2.45, 2.75) is 13.6 Å². The van der Waals surface area contributed by atoms with Crippen LogP contribution >= 0.6 is 11.3 Å². The maximum atomic E-state index is 11.7. The lowest BCUT2D eigenvalue weighted by atomic mass is 10.6. The van der Waals surface area contributed by atoms with Crippen LogP contribution in [0.25, 0.3) is 0 Å². The zero-order chi connectivity index (χ0) is 5.98. The second kappa shape index (κ2) is 2.22. The maximum absolute atomic E-state index is 11.7. The van der Waals surface area contributed by atoms with Crippen LogP contribution < -0.4 is 0 Å². The zero-order valence-corrected chi connectivity index (χ0v) is 5.33. The molecule has 3 heteroatoms. The first-order valence-electron chi connectivity index (χ1n) is 2.30. The summed E-state index contributed by atoms with van der Waals surface area (Å²) < 4.78 is 11.7. The molecule has 8 heavy (non-hydrogen) atoms. The van der Waals surface area contributed by atoms with Crippen LogP contribution in [0, 0.1) is 6.92 Å². The lowest BCUT2D eigenvalue weighted by molar-refractivity contribution is 0.483. The first-order chi connectivity index (χ1) is 3.83. The van der Waals surface area contributed by atoms with Crippen LogP contribution in [0.15, 0.2) is 5.38 Å². The fourth-order valence-electron chi connectivity index (χ4n) is 0.464. The molecule has 0 aliphatic carbocycles. The predicted molar refractivity (Wildman–Crippen MR) is 31.7 cm³/mol. The molecule has 0 aromatic carbocycles. The highest BCUT2D eigenvalue weighted by Gasteiger charge is 1.93. The van der Waals surface area contributed by atoms with Crippen molar-refractivity contribution in [3.63, 3.8) is 0 Å². The summed E-state index contributed by atoms with van der Waals surface area (Å²) in [5.41, 5.74) is 0.905. The third-order valence-electron chi connectivity index (χ3n) is 0.781. The lowest BCUT2D eigenvalue weighted by Crippen LogP contribution is -1.73. The minimum atomic E-state index is -0.432. The Balaban J connectivity index is 2.84. The molecule has 1 nitrogen and oxygen atoms in total. The van der Waals surface area contributed by atoms with Gasteiger partial charge in [-0.15, -0.1) is 11.3 Å². The van der Waals surface area contributed by atoms with E-state index in [1.54, 1.807) is 0 Å². The molecular weight excluding hydrogens is 125 g/mol. The van der Waals surface area contributed by atoms with E-state index in [-0.39, 0.29) is 0 Å². The van der Waals surface area contributed by atoms with Crippen LogP contribution in [0.3, 0.4) is 0 Å². The number of aryl methyl sites for hydroxylation is 1. The van der Waals surface area contributed by atoms with Crippen molar-refractivity contribution >= 4 is 11.3 Å². The predicted octanol–water partition coefficient (Wildman–Crippen LogP) is 1.92. The fraction of sp³-hybridized carbons (Fsp3) is 0.400. The number of aromatic nitrogens is 1. The smallest absolute Gasteiger partial charge is 0.141 e. The number of hydrogen-bond donors (Lipinski definition) is 0. The molecule has 1 rings (SSSR count). The van der Waals surface area contributed by atoms with Crippen molar-refractivity contribution in [1.29, 1.82) is 0 Å². The monoisotopic (exact) mass is 131 g/mol. The largest absolute Gasteiger partial charge is 0.244 e. The molecule has 0 unspecified atom stereocenters. The molecule has 0 atom stereocenters. The van der Waals surface area contributed by atoms with E-state index in [4.69, 9.17) is 0 Å². The molecule has 1 aromatic heterocycles. The normalized spacial score (nSPS) is 9.75. The molecule has 0 aliphatic rings. The van der Waals surface area contributed by atoms with Gasteiger partial charge < -0.3 is 0 Å². The van der Waals surface area contributed by atoms with Crippen molar-refractivity contribution in [2.24, 2.45) is 0 Å². The molecule has 44 valence electrons. The van der Waals surface area contributed by atoms with Crippen LogP contribution in [0.4, 0.5) is 4.39 Å². The Hall–Kier alpha value is -0.440. The van der Waals surface area contributed by atoms with E-state index in [9.17, 15) is 4.39 Å². The summed E-state index contributed by atoms with van der Waals surface area (Å²) in [6.45, 7) is 1.42. The van der Waals surface area contributed by atoms with Gasteiger partial charge in [-0.05, 0) is 6.92 Å².